The summed E-state index contributed by atoms with van der Waals surface area (Å²) in [6.45, 7) is 4.18. The number of ether oxygens (including phenoxy) is 1. The highest BCUT2D eigenvalue weighted by molar-refractivity contribution is 6.10. The molecule has 1 N–H and O–H groups in total. The molecule has 7 nitrogen and oxygen atoms in total. The number of nitrogens with one attached hydrogen (secondary N) is 1. The second-order valence-electron chi connectivity index (χ2n) is 11.1. The van der Waals surface area contributed by atoms with Gasteiger partial charge in [0.25, 0.3) is 5.91 Å². The number of anilines is 1. The van der Waals surface area contributed by atoms with Crippen LogP contribution in [-0.4, -0.2) is 32.3 Å². The normalized spacial score (nSPS) is 24.2. The zero-order chi connectivity index (χ0) is 26.9. The van der Waals surface area contributed by atoms with Gasteiger partial charge in [0.05, 0.1) is 18.2 Å². The van der Waals surface area contributed by atoms with Gasteiger partial charge in [-0.3, -0.25) is 4.79 Å². The van der Waals surface area contributed by atoms with Crippen LogP contribution in [0.3, 0.4) is 0 Å². The number of nitrogens with zero attached hydrogens (tertiary/aromatic N) is 4. The number of halogens is 3. The molecule has 2 aliphatic heterocycles. The average molecular weight is 526 g/mol. The molecule has 3 aromatic rings. The number of aryl methyl sites for hydroxylation is 1. The van der Waals surface area contributed by atoms with Crippen molar-refractivity contribution in [3.8, 4) is 0 Å². The maximum absolute atomic E-state index is 14.2. The molecule has 38 heavy (non-hydrogen) atoms. The van der Waals surface area contributed by atoms with Gasteiger partial charge in [-0.1, -0.05) is 12.1 Å². The Balaban J connectivity index is 1.34. The van der Waals surface area contributed by atoms with Gasteiger partial charge < -0.3 is 19.5 Å². The van der Waals surface area contributed by atoms with Gasteiger partial charge in [-0.25, -0.2) is 0 Å². The van der Waals surface area contributed by atoms with Gasteiger partial charge in [0, 0.05) is 36.8 Å². The lowest BCUT2D eigenvalue weighted by molar-refractivity contribution is -0.184. The lowest BCUT2D eigenvalue weighted by Crippen LogP contribution is -2.49. The lowest BCUT2D eigenvalue weighted by atomic mass is 9.78. The van der Waals surface area contributed by atoms with Crippen LogP contribution in [0.5, 0.6) is 0 Å². The van der Waals surface area contributed by atoms with Crippen LogP contribution in [0.25, 0.3) is 0 Å². The monoisotopic (exact) mass is 525 g/mol. The second kappa shape index (κ2) is 8.64. The summed E-state index contributed by atoms with van der Waals surface area (Å²) in [5, 5.41) is 11.6. The smallest absolute Gasteiger partial charge is 0.359 e. The first kappa shape index (κ1) is 25.1. The van der Waals surface area contributed by atoms with E-state index in [0.717, 1.165) is 24.8 Å². The van der Waals surface area contributed by atoms with Crippen LogP contribution in [0.15, 0.2) is 42.7 Å². The molecular weight excluding hydrogens is 495 g/mol. The number of hydrogen-bond acceptors (Lipinski definition) is 5. The Morgan fingerprint density at radius 3 is 2.58 bits per heavy atom. The van der Waals surface area contributed by atoms with Gasteiger partial charge in [0.15, 0.2) is 11.4 Å². The molecule has 2 aromatic carbocycles. The Hall–Kier alpha value is -3.24. The quantitative estimate of drug-likeness (QED) is 0.486. The Kier molecular flexibility index (Phi) is 5.70. The summed E-state index contributed by atoms with van der Waals surface area (Å²) < 4.78 is 50.5. The molecule has 3 aliphatic rings. The highest BCUT2D eigenvalue weighted by Gasteiger charge is 2.50. The van der Waals surface area contributed by atoms with E-state index in [1.54, 1.807) is 29.1 Å². The van der Waals surface area contributed by atoms with E-state index >= 15 is 0 Å². The lowest BCUT2D eigenvalue weighted by Gasteiger charge is -2.46. The van der Waals surface area contributed by atoms with Crippen molar-refractivity contribution >= 4 is 11.6 Å². The van der Waals surface area contributed by atoms with E-state index < -0.39 is 23.2 Å². The standard InChI is InChI=1S/C28H30F3N5O2/c1-17-13-27(38-17,25-34-33-16-35(25)3)19-6-4-7-20(12-19)36-15-22-21(24(36)37)10-18(11-23(22)28(29,30)31)14-32-26(2)8-5-9-26/h4,6-7,10-12,16-17,32H,5,8-9,13-15H2,1-3H3/t17?,27-/m0/s1. The molecule has 6 rings (SSSR count). The molecule has 1 unspecified atom stereocenters. The first-order valence-corrected chi connectivity index (χ1v) is 12.9. The van der Waals surface area contributed by atoms with Crippen LogP contribution in [0.2, 0.25) is 0 Å². The molecule has 10 heteroatoms. The SMILES string of the molecule is CC1C[C@](c2cccc(N3Cc4c(cc(CNC5(C)CCC5)cc4C(F)(F)F)C3=O)c2)(c2nncn2C)O1. The van der Waals surface area contributed by atoms with E-state index in [1.165, 1.54) is 11.0 Å². The molecule has 0 radical (unpaired) electrons. The number of alkyl halides is 3. The summed E-state index contributed by atoms with van der Waals surface area (Å²) in [5.74, 6) is 0.204. The first-order chi connectivity index (χ1) is 18.0. The minimum absolute atomic E-state index is 0.0107. The molecular formula is C28H30F3N5O2. The Labute approximate surface area is 219 Å². The van der Waals surface area contributed by atoms with E-state index in [-0.39, 0.29) is 35.9 Å². The van der Waals surface area contributed by atoms with E-state index in [9.17, 15) is 18.0 Å². The van der Waals surface area contributed by atoms with Gasteiger partial charge in [0.1, 0.15) is 6.33 Å². The number of fused-ring (bicyclic) bond motifs is 1. The van der Waals surface area contributed by atoms with Crippen LogP contribution in [0.4, 0.5) is 18.9 Å². The van der Waals surface area contributed by atoms with Crippen molar-refractivity contribution in [3.63, 3.8) is 0 Å². The topological polar surface area (TPSA) is 72.3 Å². The van der Waals surface area contributed by atoms with Crippen molar-refractivity contribution in [1.29, 1.82) is 0 Å². The predicted octanol–water partition coefficient (Wildman–Crippen LogP) is 5.08. The number of amides is 1. The van der Waals surface area contributed by atoms with Gasteiger partial charge in [-0.2, -0.15) is 13.2 Å². The summed E-state index contributed by atoms with van der Waals surface area (Å²) in [5.41, 5.74) is 0.249. The number of rotatable bonds is 6. The van der Waals surface area contributed by atoms with Crippen molar-refractivity contribution in [3.05, 3.63) is 76.4 Å². The fourth-order valence-corrected chi connectivity index (χ4v) is 6.00. The van der Waals surface area contributed by atoms with Crippen molar-refractivity contribution in [2.24, 2.45) is 7.05 Å². The Bertz CT molecular complexity index is 1410. The van der Waals surface area contributed by atoms with E-state index in [4.69, 9.17) is 4.74 Å². The maximum Gasteiger partial charge on any atom is 0.416 e. The zero-order valence-corrected chi connectivity index (χ0v) is 21.6. The minimum Gasteiger partial charge on any atom is -0.359 e. The van der Waals surface area contributed by atoms with Crippen molar-refractivity contribution in [2.45, 2.75) is 76.0 Å². The molecule has 200 valence electrons. The van der Waals surface area contributed by atoms with Crippen molar-refractivity contribution in [2.75, 3.05) is 4.90 Å². The van der Waals surface area contributed by atoms with Crippen LogP contribution < -0.4 is 10.2 Å². The summed E-state index contributed by atoms with van der Waals surface area (Å²) in [6, 6.07) is 10.1. The fraction of sp³-hybridized carbons (Fsp3) is 0.464. The number of carbonyl (C=O) groups is 1. The second-order valence-corrected chi connectivity index (χ2v) is 11.1. The van der Waals surface area contributed by atoms with Gasteiger partial charge in [-0.05, 0) is 74.1 Å². The van der Waals surface area contributed by atoms with Crippen LogP contribution in [0, 0.1) is 0 Å². The third-order valence-corrected chi connectivity index (χ3v) is 8.26. The molecule has 1 aliphatic carbocycles. The maximum atomic E-state index is 14.2. The highest BCUT2D eigenvalue weighted by atomic mass is 19.4. The third-order valence-electron chi connectivity index (χ3n) is 8.26. The molecule has 0 bridgehead atoms. The largest absolute Gasteiger partial charge is 0.416 e. The molecule has 1 aromatic heterocycles. The molecule has 1 amide bonds. The summed E-state index contributed by atoms with van der Waals surface area (Å²) in [7, 11) is 1.84. The van der Waals surface area contributed by atoms with Gasteiger partial charge >= 0.3 is 6.18 Å². The fourth-order valence-electron chi connectivity index (χ4n) is 6.00. The average Bonchev–Trinajstić information content (AvgIpc) is 3.41. The Morgan fingerprint density at radius 2 is 1.97 bits per heavy atom. The van der Waals surface area contributed by atoms with Gasteiger partial charge in [0.2, 0.25) is 0 Å². The zero-order valence-electron chi connectivity index (χ0n) is 21.6. The van der Waals surface area contributed by atoms with Gasteiger partial charge in [-0.15, -0.1) is 10.2 Å². The summed E-state index contributed by atoms with van der Waals surface area (Å²) >= 11 is 0. The highest BCUT2D eigenvalue weighted by Crippen LogP contribution is 2.47. The van der Waals surface area contributed by atoms with E-state index in [1.807, 2.05) is 26.1 Å². The minimum atomic E-state index is -4.57. The van der Waals surface area contributed by atoms with E-state index in [0.29, 0.717) is 23.5 Å². The molecule has 0 spiro atoms. The molecule has 2 atom stereocenters. The van der Waals surface area contributed by atoms with Crippen LogP contribution >= 0.6 is 0 Å². The van der Waals surface area contributed by atoms with Crippen LogP contribution in [-0.2, 0) is 36.7 Å². The number of aromatic nitrogens is 3. The number of hydrogen-bond donors (Lipinski definition) is 1. The first-order valence-electron chi connectivity index (χ1n) is 12.9. The van der Waals surface area contributed by atoms with Crippen LogP contribution in [0.1, 0.15) is 78.0 Å². The number of benzene rings is 2. The van der Waals surface area contributed by atoms with Crippen molar-refractivity contribution in [1.82, 2.24) is 20.1 Å². The predicted molar refractivity (Wildman–Crippen MR) is 134 cm³/mol. The number of carbonyl (C=O) groups excluding carboxylic acids is 1. The molecule has 2 fully saturated rings. The summed E-state index contributed by atoms with van der Waals surface area (Å²) in [6.07, 6.45) is 0.808. The Morgan fingerprint density at radius 1 is 1.21 bits per heavy atom. The molecule has 3 heterocycles. The van der Waals surface area contributed by atoms with E-state index in [2.05, 4.69) is 22.4 Å². The summed E-state index contributed by atoms with van der Waals surface area (Å²) in [4.78, 5) is 15.0. The molecule has 1 saturated heterocycles. The molecule has 1 saturated carbocycles. The third kappa shape index (κ3) is 4.01. The van der Waals surface area contributed by atoms with Crippen molar-refractivity contribution < 1.29 is 22.7 Å².